The molecule has 2 aromatic rings. The van der Waals surface area contributed by atoms with E-state index in [0.29, 0.717) is 17.9 Å². The second-order valence-electron chi connectivity index (χ2n) is 6.14. The van der Waals surface area contributed by atoms with Crippen LogP contribution in [0.4, 0.5) is 0 Å². The number of ketones is 1. The third-order valence-electron chi connectivity index (χ3n) is 3.87. The molecule has 6 nitrogen and oxygen atoms in total. The Bertz CT molecular complexity index is 752. The molecule has 25 heavy (non-hydrogen) atoms. The highest BCUT2D eigenvalue weighted by Crippen LogP contribution is 2.15. The summed E-state index contributed by atoms with van der Waals surface area (Å²) in [5.41, 5.74) is 2.68. The Hall–Kier alpha value is -2.63. The lowest BCUT2D eigenvalue weighted by molar-refractivity contribution is -0.127. The number of rotatable bonds is 8. The van der Waals surface area contributed by atoms with Crippen LogP contribution in [0.2, 0.25) is 0 Å². The van der Waals surface area contributed by atoms with Crippen LogP contribution in [0.15, 0.2) is 30.3 Å². The van der Waals surface area contributed by atoms with Crippen molar-refractivity contribution in [3.63, 3.8) is 0 Å². The predicted molar refractivity (Wildman–Crippen MR) is 95.9 cm³/mol. The fourth-order valence-corrected chi connectivity index (χ4v) is 2.53. The molecule has 0 bridgehead atoms. The normalized spacial score (nSPS) is 11.8. The highest BCUT2D eigenvalue weighted by atomic mass is 16.5. The van der Waals surface area contributed by atoms with Crippen LogP contribution in [0.3, 0.4) is 0 Å². The second-order valence-corrected chi connectivity index (χ2v) is 6.14. The Balaban J connectivity index is 1.77. The fraction of sp³-hybridized carbons (Fsp3) is 0.421. The van der Waals surface area contributed by atoms with Crippen LogP contribution in [0.5, 0.6) is 5.75 Å². The van der Waals surface area contributed by atoms with E-state index >= 15 is 0 Å². The third kappa shape index (κ3) is 5.45. The SMILES string of the molecule is CC(=O)c1cccc(O[C@H](C)C(=O)NCCCn2nc(C)cc2C)c1. The maximum Gasteiger partial charge on any atom is 0.260 e. The van der Waals surface area contributed by atoms with E-state index in [1.165, 1.54) is 6.92 Å². The molecule has 0 aliphatic rings. The Morgan fingerprint density at radius 3 is 2.68 bits per heavy atom. The van der Waals surface area contributed by atoms with Crippen LogP contribution in [-0.4, -0.2) is 34.1 Å². The lowest BCUT2D eigenvalue weighted by Gasteiger charge is -2.15. The van der Waals surface area contributed by atoms with Crippen LogP contribution in [0.1, 0.15) is 42.0 Å². The Labute approximate surface area is 148 Å². The minimum atomic E-state index is -0.629. The molecule has 0 unspecified atom stereocenters. The standard InChI is InChI=1S/C19H25N3O3/c1-13-11-14(2)22(21-13)10-6-9-20-19(24)16(4)25-18-8-5-7-17(12-18)15(3)23/h5,7-8,11-12,16H,6,9-10H2,1-4H3,(H,20,24)/t16-/m1/s1. The van der Waals surface area contributed by atoms with Gasteiger partial charge in [0.1, 0.15) is 5.75 Å². The van der Waals surface area contributed by atoms with Crippen molar-refractivity contribution >= 4 is 11.7 Å². The summed E-state index contributed by atoms with van der Waals surface area (Å²) in [5, 5.41) is 7.26. The van der Waals surface area contributed by atoms with Gasteiger partial charge in [0.15, 0.2) is 11.9 Å². The first kappa shape index (κ1) is 18.7. The number of hydrogen-bond acceptors (Lipinski definition) is 4. The lowest BCUT2D eigenvalue weighted by Crippen LogP contribution is -2.37. The number of carbonyl (C=O) groups is 2. The predicted octanol–water partition coefficient (Wildman–Crippen LogP) is 2.68. The van der Waals surface area contributed by atoms with Crippen LogP contribution < -0.4 is 10.1 Å². The molecule has 0 aliphatic heterocycles. The van der Waals surface area contributed by atoms with Crippen molar-refractivity contribution in [3.8, 4) is 5.75 Å². The zero-order valence-electron chi connectivity index (χ0n) is 15.2. The zero-order chi connectivity index (χ0) is 18.4. The molecule has 1 N–H and O–H groups in total. The number of Topliss-reactive ketones (excluding diaryl/α,β-unsaturated/α-hetero) is 1. The molecule has 1 aromatic carbocycles. The van der Waals surface area contributed by atoms with Gasteiger partial charge in [0.2, 0.25) is 0 Å². The highest BCUT2D eigenvalue weighted by molar-refractivity contribution is 5.94. The monoisotopic (exact) mass is 343 g/mol. The number of aryl methyl sites for hydroxylation is 3. The molecule has 0 aliphatic carbocycles. The molecule has 0 saturated heterocycles. The first-order valence-electron chi connectivity index (χ1n) is 8.43. The molecule has 2 rings (SSSR count). The molecule has 1 aromatic heterocycles. The molecule has 0 radical (unpaired) electrons. The van der Waals surface area contributed by atoms with E-state index in [0.717, 1.165) is 24.4 Å². The van der Waals surface area contributed by atoms with Crippen molar-refractivity contribution in [2.24, 2.45) is 0 Å². The van der Waals surface area contributed by atoms with E-state index in [1.807, 2.05) is 24.6 Å². The lowest BCUT2D eigenvalue weighted by atomic mass is 10.1. The highest BCUT2D eigenvalue weighted by Gasteiger charge is 2.14. The van der Waals surface area contributed by atoms with Crippen LogP contribution in [0.25, 0.3) is 0 Å². The number of benzene rings is 1. The quantitative estimate of drug-likeness (QED) is 0.591. The number of amides is 1. The summed E-state index contributed by atoms with van der Waals surface area (Å²) in [6.07, 6.45) is 0.163. The minimum absolute atomic E-state index is 0.0355. The summed E-state index contributed by atoms with van der Waals surface area (Å²) in [6.45, 7) is 8.48. The van der Waals surface area contributed by atoms with Gasteiger partial charge in [-0.3, -0.25) is 14.3 Å². The number of nitrogens with one attached hydrogen (secondary N) is 1. The molecule has 0 spiro atoms. The van der Waals surface area contributed by atoms with E-state index in [9.17, 15) is 9.59 Å². The van der Waals surface area contributed by atoms with Crippen molar-refractivity contribution in [1.82, 2.24) is 15.1 Å². The summed E-state index contributed by atoms with van der Waals surface area (Å²) < 4.78 is 7.56. The topological polar surface area (TPSA) is 73.2 Å². The minimum Gasteiger partial charge on any atom is -0.481 e. The van der Waals surface area contributed by atoms with Crippen molar-refractivity contribution in [2.45, 2.75) is 46.8 Å². The number of aromatic nitrogens is 2. The van der Waals surface area contributed by atoms with E-state index in [4.69, 9.17) is 4.74 Å². The Morgan fingerprint density at radius 1 is 1.28 bits per heavy atom. The summed E-state index contributed by atoms with van der Waals surface area (Å²) in [4.78, 5) is 23.5. The average Bonchev–Trinajstić information content (AvgIpc) is 2.89. The smallest absolute Gasteiger partial charge is 0.260 e. The summed E-state index contributed by atoms with van der Waals surface area (Å²) in [5.74, 6) is 0.297. The van der Waals surface area contributed by atoms with E-state index < -0.39 is 6.10 Å². The second kappa shape index (κ2) is 8.46. The maximum atomic E-state index is 12.1. The Morgan fingerprint density at radius 2 is 2.04 bits per heavy atom. The molecule has 1 heterocycles. The molecule has 6 heteroatoms. The zero-order valence-corrected chi connectivity index (χ0v) is 15.2. The van der Waals surface area contributed by atoms with Gasteiger partial charge in [-0.05, 0) is 52.3 Å². The van der Waals surface area contributed by atoms with Crippen molar-refractivity contribution < 1.29 is 14.3 Å². The van der Waals surface area contributed by atoms with Crippen LogP contribution in [0, 0.1) is 13.8 Å². The molecule has 134 valence electrons. The molecular formula is C19H25N3O3. The van der Waals surface area contributed by atoms with Gasteiger partial charge in [0.25, 0.3) is 5.91 Å². The molecule has 1 amide bonds. The molecule has 0 fully saturated rings. The maximum absolute atomic E-state index is 12.1. The van der Waals surface area contributed by atoms with Crippen molar-refractivity contribution in [1.29, 1.82) is 0 Å². The van der Waals surface area contributed by atoms with Crippen LogP contribution >= 0.6 is 0 Å². The molecule has 0 saturated carbocycles. The van der Waals surface area contributed by atoms with Gasteiger partial charge in [-0.2, -0.15) is 5.10 Å². The van der Waals surface area contributed by atoms with E-state index in [-0.39, 0.29) is 11.7 Å². The summed E-state index contributed by atoms with van der Waals surface area (Å²) >= 11 is 0. The van der Waals surface area contributed by atoms with Gasteiger partial charge in [-0.15, -0.1) is 0 Å². The Kier molecular flexibility index (Phi) is 6.33. The average molecular weight is 343 g/mol. The summed E-state index contributed by atoms with van der Waals surface area (Å²) in [7, 11) is 0. The van der Waals surface area contributed by atoms with Crippen LogP contribution in [-0.2, 0) is 11.3 Å². The third-order valence-corrected chi connectivity index (χ3v) is 3.87. The van der Waals surface area contributed by atoms with Gasteiger partial charge in [-0.1, -0.05) is 12.1 Å². The number of hydrogen-bond donors (Lipinski definition) is 1. The van der Waals surface area contributed by atoms with Crippen molar-refractivity contribution in [2.75, 3.05) is 6.54 Å². The number of nitrogens with zero attached hydrogens (tertiary/aromatic N) is 2. The van der Waals surface area contributed by atoms with E-state index in [2.05, 4.69) is 10.4 Å². The van der Waals surface area contributed by atoms with Gasteiger partial charge in [0, 0.05) is 24.3 Å². The van der Waals surface area contributed by atoms with Gasteiger partial charge < -0.3 is 10.1 Å². The first-order chi connectivity index (χ1) is 11.9. The van der Waals surface area contributed by atoms with Gasteiger partial charge in [-0.25, -0.2) is 0 Å². The largest absolute Gasteiger partial charge is 0.481 e. The number of carbonyl (C=O) groups excluding carboxylic acids is 2. The van der Waals surface area contributed by atoms with E-state index in [1.54, 1.807) is 31.2 Å². The molecule has 1 atom stereocenters. The number of ether oxygens (including phenoxy) is 1. The summed E-state index contributed by atoms with van der Waals surface area (Å²) in [6, 6.07) is 8.88. The first-order valence-corrected chi connectivity index (χ1v) is 8.43. The van der Waals surface area contributed by atoms with Crippen molar-refractivity contribution in [3.05, 3.63) is 47.3 Å². The fourth-order valence-electron chi connectivity index (χ4n) is 2.53. The van der Waals surface area contributed by atoms with Gasteiger partial charge in [0.05, 0.1) is 5.69 Å². The molecular weight excluding hydrogens is 318 g/mol. The van der Waals surface area contributed by atoms with Gasteiger partial charge >= 0.3 is 0 Å².